The van der Waals surface area contributed by atoms with Crippen LogP contribution < -0.4 is 0 Å². The molecular formula is C7H7NO5S. The summed E-state index contributed by atoms with van der Waals surface area (Å²) in [7, 11) is -4.39. The Bertz CT molecular complexity index is 479. The molecule has 76 valence electrons. The summed E-state index contributed by atoms with van der Waals surface area (Å²) >= 11 is 0. The largest absolute Gasteiger partial charge is 0.477 e. The summed E-state index contributed by atoms with van der Waals surface area (Å²) in [5, 5.41) is 8.62. The molecule has 0 aliphatic rings. The van der Waals surface area contributed by atoms with E-state index >= 15 is 0 Å². The Kier molecular flexibility index (Phi) is 2.54. The second kappa shape index (κ2) is 3.35. The van der Waals surface area contributed by atoms with Gasteiger partial charge in [0.15, 0.2) is 5.69 Å². The summed E-state index contributed by atoms with van der Waals surface area (Å²) in [6.45, 7) is 1.26. The number of carbonyl (C=O) groups is 1. The van der Waals surface area contributed by atoms with Crippen LogP contribution in [0.3, 0.4) is 0 Å². The molecule has 14 heavy (non-hydrogen) atoms. The maximum Gasteiger partial charge on any atom is 0.354 e. The molecule has 0 aliphatic carbocycles. The normalized spacial score (nSPS) is 11.3. The van der Waals surface area contributed by atoms with E-state index in [2.05, 4.69) is 4.98 Å². The number of carboxylic acids is 1. The number of hydrogen-bond acceptors (Lipinski definition) is 4. The lowest BCUT2D eigenvalue weighted by atomic mass is 10.2. The average molecular weight is 217 g/mol. The lowest BCUT2D eigenvalue weighted by Gasteiger charge is -2.03. The molecule has 0 spiro atoms. The minimum Gasteiger partial charge on any atom is -0.477 e. The predicted octanol–water partition coefficient (Wildman–Crippen LogP) is 0.335. The zero-order valence-electron chi connectivity index (χ0n) is 7.13. The number of rotatable bonds is 2. The van der Waals surface area contributed by atoms with E-state index in [-0.39, 0.29) is 11.3 Å². The van der Waals surface area contributed by atoms with Crippen LogP contribution in [0.25, 0.3) is 0 Å². The first-order valence-electron chi connectivity index (χ1n) is 3.50. The molecule has 0 atom stereocenters. The molecular weight excluding hydrogens is 210 g/mol. The van der Waals surface area contributed by atoms with Crippen molar-refractivity contribution in [3.63, 3.8) is 0 Å². The fourth-order valence-electron chi connectivity index (χ4n) is 1.01. The molecule has 0 unspecified atom stereocenters. The molecule has 6 nitrogen and oxygen atoms in total. The Morgan fingerprint density at radius 1 is 1.50 bits per heavy atom. The van der Waals surface area contributed by atoms with E-state index in [9.17, 15) is 13.2 Å². The quantitative estimate of drug-likeness (QED) is 0.692. The summed E-state index contributed by atoms with van der Waals surface area (Å²) in [5.74, 6) is -1.34. The van der Waals surface area contributed by atoms with Gasteiger partial charge in [-0.15, -0.1) is 0 Å². The fraction of sp³-hybridized carbons (Fsp3) is 0.143. The topological polar surface area (TPSA) is 105 Å². The van der Waals surface area contributed by atoms with Crippen molar-refractivity contribution in [2.75, 3.05) is 0 Å². The molecule has 1 aromatic heterocycles. The highest BCUT2D eigenvalue weighted by Gasteiger charge is 2.19. The smallest absolute Gasteiger partial charge is 0.354 e. The molecule has 0 aliphatic heterocycles. The van der Waals surface area contributed by atoms with Gasteiger partial charge in [-0.05, 0) is 13.0 Å². The highest BCUT2D eigenvalue weighted by Crippen LogP contribution is 2.16. The molecule has 0 aromatic carbocycles. The van der Waals surface area contributed by atoms with Crippen LogP contribution in [0.1, 0.15) is 16.1 Å². The van der Waals surface area contributed by atoms with Gasteiger partial charge in [-0.2, -0.15) is 8.42 Å². The first kappa shape index (κ1) is 10.6. The Balaban J connectivity index is 3.51. The maximum absolute atomic E-state index is 10.8. The van der Waals surface area contributed by atoms with Gasteiger partial charge in [0.1, 0.15) is 4.90 Å². The zero-order chi connectivity index (χ0) is 10.9. The molecule has 1 rings (SSSR count). The number of nitrogens with zero attached hydrogens (tertiary/aromatic N) is 1. The van der Waals surface area contributed by atoms with Gasteiger partial charge in [0.05, 0.1) is 0 Å². The highest BCUT2D eigenvalue weighted by atomic mass is 32.2. The van der Waals surface area contributed by atoms with Crippen molar-refractivity contribution in [1.29, 1.82) is 0 Å². The number of aromatic carboxylic acids is 1. The van der Waals surface area contributed by atoms with E-state index in [1.807, 2.05) is 0 Å². The van der Waals surface area contributed by atoms with Crippen LogP contribution in [0.5, 0.6) is 0 Å². The molecule has 0 fully saturated rings. The summed E-state index contributed by atoms with van der Waals surface area (Å²) in [4.78, 5) is 13.6. The predicted molar refractivity (Wildman–Crippen MR) is 45.7 cm³/mol. The lowest BCUT2D eigenvalue weighted by Crippen LogP contribution is -2.09. The number of aromatic nitrogens is 1. The van der Waals surface area contributed by atoms with E-state index in [0.29, 0.717) is 0 Å². The first-order valence-corrected chi connectivity index (χ1v) is 4.94. The van der Waals surface area contributed by atoms with Crippen LogP contribution in [0, 0.1) is 6.92 Å². The standard InChI is InChI=1S/C7H7NO5S/c1-4-5(14(11,12)13)2-3-8-6(4)7(9)10/h2-3H,1H3,(H,9,10)(H,11,12,13). The van der Waals surface area contributed by atoms with Crippen LogP contribution in [0.2, 0.25) is 0 Å². The second-order valence-corrected chi connectivity index (χ2v) is 3.95. The van der Waals surface area contributed by atoms with Crippen LogP contribution in [0.15, 0.2) is 17.2 Å². The van der Waals surface area contributed by atoms with Crippen molar-refractivity contribution in [3.05, 3.63) is 23.5 Å². The molecule has 0 saturated carbocycles. The van der Waals surface area contributed by atoms with E-state index in [1.165, 1.54) is 6.92 Å². The molecule has 0 amide bonds. The summed E-state index contributed by atoms with van der Waals surface area (Å²) in [5.41, 5.74) is -0.470. The minimum atomic E-state index is -4.39. The van der Waals surface area contributed by atoms with Crippen molar-refractivity contribution >= 4 is 16.1 Å². The Labute approximate surface area is 80.0 Å². The lowest BCUT2D eigenvalue weighted by molar-refractivity contribution is 0.0689. The summed E-state index contributed by atoms with van der Waals surface area (Å²) in [6.07, 6.45) is 1.01. The molecule has 0 bridgehead atoms. The van der Waals surface area contributed by atoms with E-state index in [0.717, 1.165) is 12.3 Å². The van der Waals surface area contributed by atoms with Gasteiger partial charge in [-0.3, -0.25) is 4.55 Å². The van der Waals surface area contributed by atoms with Gasteiger partial charge in [-0.25, -0.2) is 9.78 Å². The number of carboxylic acid groups (broad SMARTS) is 1. The van der Waals surface area contributed by atoms with Crippen molar-refractivity contribution in [2.45, 2.75) is 11.8 Å². The summed E-state index contributed by atoms with van der Waals surface area (Å²) in [6, 6.07) is 1.04. The maximum atomic E-state index is 10.8. The molecule has 1 heterocycles. The Morgan fingerprint density at radius 2 is 2.07 bits per heavy atom. The highest BCUT2D eigenvalue weighted by molar-refractivity contribution is 7.85. The van der Waals surface area contributed by atoms with Gasteiger partial charge in [0, 0.05) is 11.8 Å². The SMILES string of the molecule is Cc1c(S(=O)(=O)O)ccnc1C(=O)O. The third-order valence-corrected chi connectivity index (χ3v) is 2.63. The van der Waals surface area contributed by atoms with E-state index < -0.39 is 21.0 Å². The monoisotopic (exact) mass is 217 g/mol. The van der Waals surface area contributed by atoms with Gasteiger partial charge < -0.3 is 5.11 Å². The third kappa shape index (κ3) is 1.88. The van der Waals surface area contributed by atoms with Crippen molar-refractivity contribution in [2.24, 2.45) is 0 Å². The van der Waals surface area contributed by atoms with Crippen LogP contribution in [-0.4, -0.2) is 29.0 Å². The minimum absolute atomic E-state index is 0.0810. The third-order valence-electron chi connectivity index (χ3n) is 1.63. The van der Waals surface area contributed by atoms with Crippen LogP contribution in [0.4, 0.5) is 0 Å². The number of pyridine rings is 1. The molecule has 0 radical (unpaired) electrons. The van der Waals surface area contributed by atoms with Crippen LogP contribution in [-0.2, 0) is 10.1 Å². The van der Waals surface area contributed by atoms with Gasteiger partial charge in [-0.1, -0.05) is 0 Å². The second-order valence-electron chi connectivity index (χ2n) is 2.56. The van der Waals surface area contributed by atoms with Crippen molar-refractivity contribution < 1.29 is 22.9 Å². The molecule has 0 saturated heterocycles. The first-order chi connectivity index (χ1) is 6.34. The van der Waals surface area contributed by atoms with Crippen LogP contribution >= 0.6 is 0 Å². The Morgan fingerprint density at radius 3 is 2.50 bits per heavy atom. The fourth-order valence-corrected chi connectivity index (χ4v) is 1.73. The molecule has 2 N–H and O–H groups in total. The van der Waals surface area contributed by atoms with Crippen molar-refractivity contribution in [1.82, 2.24) is 4.98 Å². The van der Waals surface area contributed by atoms with Crippen molar-refractivity contribution in [3.8, 4) is 0 Å². The zero-order valence-corrected chi connectivity index (χ0v) is 7.95. The van der Waals surface area contributed by atoms with Gasteiger partial charge in [0.2, 0.25) is 0 Å². The molecule has 7 heteroatoms. The van der Waals surface area contributed by atoms with Gasteiger partial charge >= 0.3 is 5.97 Å². The number of hydrogen-bond donors (Lipinski definition) is 2. The molecule has 1 aromatic rings. The van der Waals surface area contributed by atoms with Gasteiger partial charge in [0.25, 0.3) is 10.1 Å². The Hall–Kier alpha value is -1.47. The average Bonchev–Trinajstić information content (AvgIpc) is 2.01. The van der Waals surface area contributed by atoms with E-state index in [1.54, 1.807) is 0 Å². The van der Waals surface area contributed by atoms with E-state index in [4.69, 9.17) is 9.66 Å². The summed E-state index contributed by atoms with van der Waals surface area (Å²) < 4.78 is 30.3.